The van der Waals surface area contributed by atoms with Gasteiger partial charge in [-0.05, 0) is 51.1 Å². The van der Waals surface area contributed by atoms with E-state index in [1.807, 2.05) is 4.90 Å². The van der Waals surface area contributed by atoms with Crippen molar-refractivity contribution in [1.82, 2.24) is 14.4 Å². The summed E-state index contributed by atoms with van der Waals surface area (Å²) in [6.45, 7) is 4.48. The Bertz CT molecular complexity index is 1030. The Hall–Kier alpha value is -2.64. The number of aromatic nitrogens is 1. The van der Waals surface area contributed by atoms with E-state index in [9.17, 15) is 26.4 Å². The van der Waals surface area contributed by atoms with Gasteiger partial charge in [0.15, 0.2) is 5.76 Å². The van der Waals surface area contributed by atoms with Crippen molar-refractivity contribution in [2.24, 2.45) is 0 Å². The molecule has 9 nitrogen and oxygen atoms in total. The first-order valence-electron chi connectivity index (χ1n) is 9.77. The molecular formula is C19H23F3N4O5S. The van der Waals surface area contributed by atoms with Gasteiger partial charge in [0.2, 0.25) is 15.9 Å². The third-order valence-electron chi connectivity index (χ3n) is 4.85. The standard InChI is InChI=1S/C19H23F3N4O5S/c1-13-18(14(2)31-24-13)32(28,29)26-9-3-8-25(10-11-26)12-17(27)23-15-4-6-16(7-5-15)30-19(20,21)22/h4-7H,3,8-12H2,1-2H3,(H,23,27). The van der Waals surface area contributed by atoms with Gasteiger partial charge in [0.25, 0.3) is 0 Å². The fourth-order valence-electron chi connectivity index (χ4n) is 3.46. The van der Waals surface area contributed by atoms with Crippen LogP contribution in [-0.2, 0) is 14.8 Å². The quantitative estimate of drug-likeness (QED) is 0.683. The first kappa shape index (κ1) is 24.0. The molecule has 176 valence electrons. The summed E-state index contributed by atoms with van der Waals surface area (Å²) in [5, 5.41) is 6.32. The maximum atomic E-state index is 13.0. The molecule has 0 radical (unpaired) electrons. The van der Waals surface area contributed by atoms with Crippen molar-refractivity contribution in [2.45, 2.75) is 31.5 Å². The normalized spacial score (nSPS) is 16.5. The van der Waals surface area contributed by atoms with Gasteiger partial charge in [-0.3, -0.25) is 9.69 Å². The van der Waals surface area contributed by atoms with Crippen LogP contribution in [0.2, 0.25) is 0 Å². The van der Waals surface area contributed by atoms with Gasteiger partial charge in [-0.1, -0.05) is 5.16 Å². The van der Waals surface area contributed by atoms with E-state index < -0.39 is 16.4 Å². The minimum Gasteiger partial charge on any atom is -0.406 e. The van der Waals surface area contributed by atoms with E-state index in [2.05, 4.69) is 15.2 Å². The van der Waals surface area contributed by atoms with Crippen LogP contribution < -0.4 is 10.1 Å². The maximum absolute atomic E-state index is 13.0. The molecule has 1 aromatic heterocycles. The first-order chi connectivity index (χ1) is 15.0. The van der Waals surface area contributed by atoms with Gasteiger partial charge in [-0.25, -0.2) is 8.42 Å². The van der Waals surface area contributed by atoms with Gasteiger partial charge in [0, 0.05) is 25.3 Å². The molecule has 1 aliphatic heterocycles. The fourth-order valence-corrected chi connectivity index (χ4v) is 5.22. The summed E-state index contributed by atoms with van der Waals surface area (Å²) in [5.74, 6) is -0.520. The number of halogens is 3. The van der Waals surface area contributed by atoms with Crippen molar-refractivity contribution in [3.8, 4) is 5.75 Å². The Kier molecular flexibility index (Phi) is 7.10. The summed E-state index contributed by atoms with van der Waals surface area (Å²) < 4.78 is 72.7. The molecule has 0 aliphatic carbocycles. The van der Waals surface area contributed by atoms with Crippen LogP contribution in [0.15, 0.2) is 33.7 Å². The van der Waals surface area contributed by atoms with E-state index in [-0.39, 0.29) is 35.4 Å². The van der Waals surface area contributed by atoms with Crippen molar-refractivity contribution in [3.05, 3.63) is 35.7 Å². The van der Waals surface area contributed by atoms with Crippen LogP contribution in [0.4, 0.5) is 18.9 Å². The predicted molar refractivity (Wildman–Crippen MR) is 108 cm³/mol. The molecule has 3 rings (SSSR count). The Labute approximate surface area is 183 Å². The molecule has 0 unspecified atom stereocenters. The summed E-state index contributed by atoms with van der Waals surface area (Å²) >= 11 is 0. The van der Waals surface area contributed by atoms with Crippen LogP contribution >= 0.6 is 0 Å². The lowest BCUT2D eigenvalue weighted by Gasteiger charge is -2.21. The summed E-state index contributed by atoms with van der Waals surface area (Å²) in [5.41, 5.74) is 0.622. The van der Waals surface area contributed by atoms with Gasteiger partial charge in [0.05, 0.1) is 6.54 Å². The Balaban J connectivity index is 1.55. The highest BCUT2D eigenvalue weighted by Crippen LogP contribution is 2.25. The number of carbonyl (C=O) groups excluding carboxylic acids is 1. The molecule has 0 saturated carbocycles. The highest BCUT2D eigenvalue weighted by Gasteiger charge is 2.33. The van der Waals surface area contributed by atoms with E-state index in [4.69, 9.17) is 4.52 Å². The van der Waals surface area contributed by atoms with E-state index >= 15 is 0 Å². The average Bonchev–Trinajstić information content (AvgIpc) is 2.88. The second-order valence-electron chi connectivity index (χ2n) is 7.31. The number of nitrogens with one attached hydrogen (secondary N) is 1. The number of hydrogen-bond acceptors (Lipinski definition) is 7. The minimum absolute atomic E-state index is 0.0139. The maximum Gasteiger partial charge on any atom is 0.573 e. The molecule has 0 bridgehead atoms. The second kappa shape index (κ2) is 9.46. The molecular weight excluding hydrogens is 453 g/mol. The van der Waals surface area contributed by atoms with Crippen molar-refractivity contribution in [2.75, 3.05) is 38.0 Å². The zero-order valence-electron chi connectivity index (χ0n) is 17.5. The Morgan fingerprint density at radius 2 is 1.84 bits per heavy atom. The van der Waals surface area contributed by atoms with Gasteiger partial charge < -0.3 is 14.6 Å². The van der Waals surface area contributed by atoms with Crippen molar-refractivity contribution >= 4 is 21.6 Å². The second-order valence-corrected chi connectivity index (χ2v) is 9.18. The zero-order chi connectivity index (χ0) is 23.5. The van der Waals surface area contributed by atoms with E-state index in [1.54, 1.807) is 13.8 Å². The Morgan fingerprint density at radius 1 is 1.16 bits per heavy atom. The van der Waals surface area contributed by atoms with Crippen LogP contribution in [0.3, 0.4) is 0 Å². The predicted octanol–water partition coefficient (Wildman–Crippen LogP) is 2.53. The largest absolute Gasteiger partial charge is 0.573 e. The number of hydrogen-bond donors (Lipinski definition) is 1. The molecule has 1 fully saturated rings. The number of ether oxygens (including phenoxy) is 1. The summed E-state index contributed by atoms with van der Waals surface area (Å²) in [7, 11) is -3.76. The van der Waals surface area contributed by atoms with Crippen molar-refractivity contribution in [1.29, 1.82) is 0 Å². The van der Waals surface area contributed by atoms with Gasteiger partial charge in [-0.2, -0.15) is 4.31 Å². The number of aryl methyl sites for hydroxylation is 2. The number of benzene rings is 1. The van der Waals surface area contributed by atoms with E-state index in [0.717, 1.165) is 12.1 Å². The third kappa shape index (κ3) is 5.99. The summed E-state index contributed by atoms with van der Waals surface area (Å²) in [4.78, 5) is 14.2. The lowest BCUT2D eigenvalue weighted by atomic mass is 10.3. The molecule has 13 heteroatoms. The highest BCUT2D eigenvalue weighted by atomic mass is 32.2. The van der Waals surface area contributed by atoms with Crippen LogP contribution in [0.1, 0.15) is 17.9 Å². The van der Waals surface area contributed by atoms with Gasteiger partial charge in [-0.15, -0.1) is 13.2 Å². The smallest absolute Gasteiger partial charge is 0.406 e. The molecule has 1 amide bonds. The average molecular weight is 476 g/mol. The van der Waals surface area contributed by atoms with Crippen LogP contribution in [0.5, 0.6) is 5.75 Å². The number of sulfonamides is 1. The first-order valence-corrected chi connectivity index (χ1v) is 11.2. The van der Waals surface area contributed by atoms with Gasteiger partial charge >= 0.3 is 6.36 Å². The lowest BCUT2D eigenvalue weighted by Crippen LogP contribution is -2.38. The summed E-state index contributed by atoms with van der Waals surface area (Å²) in [6.07, 6.45) is -4.26. The van der Waals surface area contributed by atoms with Crippen molar-refractivity contribution < 1.29 is 35.6 Å². The topological polar surface area (TPSA) is 105 Å². The molecule has 2 heterocycles. The molecule has 2 aromatic rings. The third-order valence-corrected chi connectivity index (χ3v) is 7.00. The zero-order valence-corrected chi connectivity index (χ0v) is 18.3. The van der Waals surface area contributed by atoms with Crippen LogP contribution in [0.25, 0.3) is 0 Å². The number of rotatable bonds is 6. The number of nitrogens with zero attached hydrogens (tertiary/aromatic N) is 3. The number of alkyl halides is 3. The summed E-state index contributed by atoms with van der Waals surface area (Å²) in [6, 6.07) is 4.82. The molecule has 0 atom stereocenters. The molecule has 1 N–H and O–H groups in total. The van der Waals surface area contributed by atoms with Crippen LogP contribution in [-0.4, -0.2) is 67.8 Å². The van der Waals surface area contributed by atoms with Crippen molar-refractivity contribution in [3.63, 3.8) is 0 Å². The number of anilines is 1. The van der Waals surface area contributed by atoms with Crippen LogP contribution in [0, 0.1) is 13.8 Å². The molecule has 0 spiro atoms. The molecule has 32 heavy (non-hydrogen) atoms. The highest BCUT2D eigenvalue weighted by molar-refractivity contribution is 7.89. The van der Waals surface area contributed by atoms with Gasteiger partial charge in [0.1, 0.15) is 16.3 Å². The van der Waals surface area contributed by atoms with E-state index in [1.165, 1.54) is 16.4 Å². The lowest BCUT2D eigenvalue weighted by molar-refractivity contribution is -0.274. The Morgan fingerprint density at radius 3 is 2.44 bits per heavy atom. The monoisotopic (exact) mass is 476 g/mol. The van der Waals surface area contributed by atoms with E-state index in [0.29, 0.717) is 37.4 Å². The molecule has 1 saturated heterocycles. The molecule has 1 aromatic carbocycles. The minimum atomic E-state index is -4.79. The fraction of sp³-hybridized carbons (Fsp3) is 0.474. The number of carbonyl (C=O) groups is 1. The molecule has 1 aliphatic rings. The SMILES string of the molecule is Cc1noc(C)c1S(=O)(=O)N1CCCN(CC(=O)Nc2ccc(OC(F)(F)F)cc2)CC1. The number of amides is 1.